The highest BCUT2D eigenvalue weighted by molar-refractivity contribution is 6.32. The number of H-pyrrole nitrogens is 1. The quantitative estimate of drug-likeness (QED) is 0.396. The Morgan fingerprint density at radius 2 is 1.85 bits per heavy atom. The van der Waals surface area contributed by atoms with Crippen molar-refractivity contribution >= 4 is 34.5 Å². The summed E-state index contributed by atoms with van der Waals surface area (Å²) in [7, 11) is 0. The van der Waals surface area contributed by atoms with E-state index in [4.69, 9.17) is 21.4 Å². The van der Waals surface area contributed by atoms with E-state index in [1.807, 2.05) is 55.1 Å². The van der Waals surface area contributed by atoms with Crippen molar-refractivity contribution in [2.45, 2.75) is 45.6 Å². The predicted molar refractivity (Wildman–Crippen MR) is 133 cm³/mol. The summed E-state index contributed by atoms with van der Waals surface area (Å²) in [4.78, 5) is 29.4. The molecule has 1 aliphatic rings. The SMILES string of the molecule is Cc1cc(OCCCc2c(C(=O)N3CCC(NC(=O)O)CC3)[nH]c3ccccc23)cc(C)c1Cl. The molecule has 1 saturated heterocycles. The van der Waals surface area contributed by atoms with Crippen LogP contribution in [0.4, 0.5) is 4.79 Å². The molecule has 3 N–H and O–H groups in total. The summed E-state index contributed by atoms with van der Waals surface area (Å²) < 4.78 is 5.97. The summed E-state index contributed by atoms with van der Waals surface area (Å²) in [5, 5.41) is 13.3. The van der Waals surface area contributed by atoms with Crippen molar-refractivity contribution in [3.63, 3.8) is 0 Å². The van der Waals surface area contributed by atoms with E-state index in [1.165, 1.54) is 0 Å². The molecule has 0 unspecified atom stereocenters. The van der Waals surface area contributed by atoms with Crippen LogP contribution >= 0.6 is 11.6 Å². The van der Waals surface area contributed by atoms with Crippen LogP contribution in [0.2, 0.25) is 5.02 Å². The molecule has 180 valence electrons. The molecule has 0 atom stereocenters. The summed E-state index contributed by atoms with van der Waals surface area (Å²) in [5.41, 5.74) is 4.53. The van der Waals surface area contributed by atoms with Crippen LogP contribution in [0.1, 0.15) is 46.4 Å². The fourth-order valence-corrected chi connectivity index (χ4v) is 4.74. The average molecular weight is 484 g/mol. The second kappa shape index (κ2) is 10.4. The summed E-state index contributed by atoms with van der Waals surface area (Å²) in [6.45, 7) is 5.51. The molecular formula is C26H30ClN3O4. The number of carbonyl (C=O) groups is 2. The van der Waals surface area contributed by atoms with Crippen LogP contribution in [-0.4, -0.2) is 52.7 Å². The van der Waals surface area contributed by atoms with Gasteiger partial charge in [0.2, 0.25) is 0 Å². The zero-order chi connectivity index (χ0) is 24.2. The summed E-state index contributed by atoms with van der Waals surface area (Å²) in [5.74, 6) is 0.761. The van der Waals surface area contributed by atoms with E-state index in [-0.39, 0.29) is 11.9 Å². The first-order valence-electron chi connectivity index (χ1n) is 11.6. The number of benzene rings is 2. The second-order valence-corrected chi connectivity index (χ2v) is 9.24. The van der Waals surface area contributed by atoms with Gasteiger partial charge in [0.1, 0.15) is 11.4 Å². The minimum atomic E-state index is -1.02. The maximum Gasteiger partial charge on any atom is 0.404 e. The van der Waals surface area contributed by atoms with Gasteiger partial charge in [-0.3, -0.25) is 4.79 Å². The third-order valence-corrected chi connectivity index (χ3v) is 6.98. The van der Waals surface area contributed by atoms with Crippen molar-refractivity contribution in [2.75, 3.05) is 19.7 Å². The van der Waals surface area contributed by atoms with E-state index in [1.54, 1.807) is 0 Å². The van der Waals surface area contributed by atoms with Crippen molar-refractivity contribution in [3.05, 3.63) is 63.8 Å². The first kappa shape index (κ1) is 24.0. The number of fused-ring (bicyclic) bond motifs is 1. The van der Waals surface area contributed by atoms with Gasteiger partial charge in [0.25, 0.3) is 5.91 Å². The van der Waals surface area contributed by atoms with Crippen LogP contribution in [0.15, 0.2) is 36.4 Å². The summed E-state index contributed by atoms with van der Waals surface area (Å²) in [6, 6.07) is 11.7. The van der Waals surface area contributed by atoms with Crippen molar-refractivity contribution in [3.8, 4) is 5.75 Å². The zero-order valence-corrected chi connectivity index (χ0v) is 20.2. The third kappa shape index (κ3) is 5.30. The van der Waals surface area contributed by atoms with E-state index < -0.39 is 6.09 Å². The fourth-order valence-electron chi connectivity index (χ4n) is 4.63. The van der Waals surface area contributed by atoms with Gasteiger partial charge in [-0.1, -0.05) is 29.8 Å². The van der Waals surface area contributed by atoms with Crippen LogP contribution in [-0.2, 0) is 6.42 Å². The van der Waals surface area contributed by atoms with Gasteiger partial charge >= 0.3 is 6.09 Å². The Morgan fingerprint density at radius 3 is 2.53 bits per heavy atom. The lowest BCUT2D eigenvalue weighted by molar-refractivity contribution is 0.0699. The number of halogens is 1. The van der Waals surface area contributed by atoms with E-state index in [0.29, 0.717) is 44.7 Å². The molecule has 0 saturated carbocycles. The minimum absolute atomic E-state index is 0.0372. The molecule has 7 nitrogen and oxygen atoms in total. The number of amides is 2. The average Bonchev–Trinajstić information content (AvgIpc) is 3.18. The first-order chi connectivity index (χ1) is 16.3. The van der Waals surface area contributed by atoms with Gasteiger partial charge in [0, 0.05) is 35.1 Å². The van der Waals surface area contributed by atoms with Crippen molar-refractivity contribution < 1.29 is 19.4 Å². The second-order valence-electron chi connectivity index (χ2n) is 8.86. The number of rotatable bonds is 7. The van der Waals surface area contributed by atoms with Crippen molar-refractivity contribution in [1.29, 1.82) is 0 Å². The maximum atomic E-state index is 13.4. The van der Waals surface area contributed by atoms with E-state index in [2.05, 4.69) is 10.3 Å². The number of para-hydroxylation sites is 1. The van der Waals surface area contributed by atoms with Crippen molar-refractivity contribution in [2.24, 2.45) is 0 Å². The topological polar surface area (TPSA) is 94.7 Å². The van der Waals surface area contributed by atoms with E-state index in [0.717, 1.165) is 44.8 Å². The van der Waals surface area contributed by atoms with Crippen LogP contribution < -0.4 is 10.1 Å². The fraction of sp³-hybridized carbons (Fsp3) is 0.385. The zero-order valence-electron chi connectivity index (χ0n) is 19.5. The Balaban J connectivity index is 1.44. The lowest BCUT2D eigenvalue weighted by Crippen LogP contribution is -2.46. The van der Waals surface area contributed by atoms with Gasteiger partial charge < -0.3 is 25.0 Å². The van der Waals surface area contributed by atoms with Gasteiger partial charge in [-0.25, -0.2) is 4.79 Å². The summed E-state index contributed by atoms with van der Waals surface area (Å²) >= 11 is 6.25. The van der Waals surface area contributed by atoms with Gasteiger partial charge in [-0.2, -0.15) is 0 Å². The third-order valence-electron chi connectivity index (χ3n) is 6.39. The Labute approximate surface area is 204 Å². The summed E-state index contributed by atoms with van der Waals surface area (Å²) in [6.07, 6.45) is 1.66. The molecule has 1 fully saturated rings. The molecule has 3 aromatic rings. The van der Waals surface area contributed by atoms with Gasteiger partial charge in [0.05, 0.1) is 6.61 Å². The van der Waals surface area contributed by atoms with Gasteiger partial charge in [0.15, 0.2) is 0 Å². The van der Waals surface area contributed by atoms with Crippen LogP contribution in [0.3, 0.4) is 0 Å². The number of ether oxygens (including phenoxy) is 1. The lowest BCUT2D eigenvalue weighted by Gasteiger charge is -2.31. The number of aryl methyl sites for hydroxylation is 3. The number of hydrogen-bond donors (Lipinski definition) is 3. The first-order valence-corrected chi connectivity index (χ1v) is 12.0. The van der Waals surface area contributed by atoms with Crippen molar-refractivity contribution in [1.82, 2.24) is 15.2 Å². The Kier molecular flexibility index (Phi) is 7.32. The van der Waals surface area contributed by atoms with Gasteiger partial charge in [-0.05, 0) is 74.4 Å². The molecule has 0 bridgehead atoms. The molecule has 1 aliphatic heterocycles. The molecule has 2 heterocycles. The predicted octanol–water partition coefficient (Wildman–Crippen LogP) is 5.32. The Bertz CT molecular complexity index is 1170. The van der Waals surface area contributed by atoms with E-state index >= 15 is 0 Å². The lowest BCUT2D eigenvalue weighted by atomic mass is 10.0. The molecule has 2 amide bonds. The largest absolute Gasteiger partial charge is 0.494 e. The highest BCUT2D eigenvalue weighted by atomic mass is 35.5. The molecular weight excluding hydrogens is 454 g/mol. The Morgan fingerprint density at radius 1 is 1.18 bits per heavy atom. The number of hydrogen-bond acceptors (Lipinski definition) is 3. The molecule has 1 aromatic heterocycles. The normalized spacial score (nSPS) is 14.4. The standard InChI is InChI=1S/C26H30ClN3O4/c1-16-14-19(15-17(2)23(16)27)34-13-5-7-21-20-6-3-4-8-22(20)29-24(21)25(31)30-11-9-18(10-12-30)28-26(32)33/h3-4,6,8,14-15,18,28-29H,5,7,9-13H2,1-2H3,(H,32,33). The van der Waals surface area contributed by atoms with Crippen LogP contribution in [0, 0.1) is 13.8 Å². The molecule has 8 heteroatoms. The minimum Gasteiger partial charge on any atom is -0.494 e. The molecule has 2 aromatic carbocycles. The molecule has 0 spiro atoms. The van der Waals surface area contributed by atoms with E-state index in [9.17, 15) is 9.59 Å². The molecule has 0 radical (unpaired) electrons. The molecule has 4 rings (SSSR count). The number of carbonyl (C=O) groups excluding carboxylic acids is 1. The number of carboxylic acid groups (broad SMARTS) is 1. The Hall–Kier alpha value is -3.19. The van der Waals surface area contributed by atoms with Crippen LogP contribution in [0.25, 0.3) is 10.9 Å². The van der Waals surface area contributed by atoms with Crippen LogP contribution in [0.5, 0.6) is 5.75 Å². The number of aromatic amines is 1. The van der Waals surface area contributed by atoms with Gasteiger partial charge in [-0.15, -0.1) is 0 Å². The maximum absolute atomic E-state index is 13.4. The number of aromatic nitrogens is 1. The number of nitrogens with zero attached hydrogens (tertiary/aromatic N) is 1. The highest BCUT2D eigenvalue weighted by Crippen LogP contribution is 2.28. The molecule has 34 heavy (non-hydrogen) atoms. The number of nitrogens with one attached hydrogen (secondary N) is 2. The number of likely N-dealkylation sites (tertiary alicyclic amines) is 1. The monoisotopic (exact) mass is 483 g/mol. The highest BCUT2D eigenvalue weighted by Gasteiger charge is 2.27. The molecule has 0 aliphatic carbocycles. The smallest absolute Gasteiger partial charge is 0.404 e. The number of piperidine rings is 1.